The van der Waals surface area contributed by atoms with E-state index in [1.165, 1.54) is 0 Å². The fraction of sp³-hybridized carbons (Fsp3) is 0.529. The molecule has 2 saturated heterocycles. The van der Waals surface area contributed by atoms with Gasteiger partial charge in [0, 0.05) is 23.1 Å². The first kappa shape index (κ1) is 16.5. The Morgan fingerprint density at radius 1 is 1.35 bits per heavy atom. The van der Waals surface area contributed by atoms with Crippen LogP contribution in [0.2, 0.25) is 0 Å². The quantitative estimate of drug-likeness (QED) is 0.790. The van der Waals surface area contributed by atoms with Gasteiger partial charge in [-0.1, -0.05) is 12.1 Å². The van der Waals surface area contributed by atoms with Gasteiger partial charge in [-0.3, -0.25) is 9.59 Å². The van der Waals surface area contributed by atoms with Crippen molar-refractivity contribution in [2.75, 3.05) is 18.0 Å². The largest absolute Gasteiger partial charge is 0.351 e. The molecule has 2 aliphatic rings. The molecule has 0 bridgehead atoms. The molecule has 0 aromatic heterocycles. The molecule has 3 unspecified atom stereocenters. The predicted octanol–water partition coefficient (Wildman–Crippen LogP) is 2.06. The van der Waals surface area contributed by atoms with Crippen molar-refractivity contribution in [1.29, 1.82) is 0 Å². The Kier molecular flexibility index (Phi) is 5.02. The van der Waals surface area contributed by atoms with Crippen LogP contribution in [0.4, 0.5) is 5.69 Å². The van der Waals surface area contributed by atoms with Crippen LogP contribution in [0.25, 0.3) is 0 Å². The molecule has 2 heterocycles. The van der Waals surface area contributed by atoms with E-state index in [4.69, 9.17) is 0 Å². The minimum atomic E-state index is -0.573. The molecule has 2 N–H and O–H groups in total. The summed E-state index contributed by atoms with van der Waals surface area (Å²) in [7, 11) is 0. The smallest absolute Gasteiger partial charge is 0.239 e. The van der Waals surface area contributed by atoms with Gasteiger partial charge in [-0.05, 0) is 60.8 Å². The number of halogens is 1. The molecule has 0 radical (unpaired) electrons. The van der Waals surface area contributed by atoms with E-state index in [1.54, 1.807) is 4.90 Å². The van der Waals surface area contributed by atoms with E-state index in [1.807, 2.05) is 24.3 Å². The molecule has 5 nitrogen and oxygen atoms in total. The van der Waals surface area contributed by atoms with Crippen molar-refractivity contribution < 1.29 is 9.59 Å². The van der Waals surface area contributed by atoms with Crippen molar-refractivity contribution in [2.24, 2.45) is 5.92 Å². The number of amides is 2. The Bertz CT molecular complexity index is 607. The van der Waals surface area contributed by atoms with Gasteiger partial charge in [0.05, 0.1) is 5.69 Å². The molecule has 0 aliphatic carbocycles. The van der Waals surface area contributed by atoms with E-state index >= 15 is 0 Å². The Hall–Kier alpha value is -1.40. The molecule has 6 heteroatoms. The number of hydrogen-bond donors (Lipinski definition) is 2. The number of para-hydroxylation sites is 1. The van der Waals surface area contributed by atoms with Crippen molar-refractivity contribution >= 4 is 33.4 Å². The third-order valence-corrected chi connectivity index (χ3v) is 5.43. The van der Waals surface area contributed by atoms with Gasteiger partial charge in [0.25, 0.3) is 0 Å². The van der Waals surface area contributed by atoms with Gasteiger partial charge >= 0.3 is 0 Å². The highest BCUT2D eigenvalue weighted by Crippen LogP contribution is 2.31. The summed E-state index contributed by atoms with van der Waals surface area (Å²) in [5, 5.41) is 6.43. The summed E-state index contributed by atoms with van der Waals surface area (Å²) < 4.78 is 0.875. The summed E-state index contributed by atoms with van der Waals surface area (Å²) in [6.07, 6.45) is 2.59. The summed E-state index contributed by atoms with van der Waals surface area (Å²) in [6.45, 7) is 3.65. The second-order valence-corrected chi connectivity index (χ2v) is 7.14. The lowest BCUT2D eigenvalue weighted by Gasteiger charge is -2.31. The standard InChI is InChI=1S/C17H22BrN3O2/c1-11-14(6-4-9-19-11)20-16(22)12-8-10-21(17(12)23)15-7-3-2-5-13(15)18/h2-3,5,7,11-12,14,19H,4,6,8-10H2,1H3,(H,20,22). The molecule has 2 amide bonds. The van der Waals surface area contributed by atoms with Gasteiger partial charge in [-0.25, -0.2) is 0 Å². The van der Waals surface area contributed by atoms with Crippen molar-refractivity contribution in [3.05, 3.63) is 28.7 Å². The zero-order chi connectivity index (χ0) is 16.4. The van der Waals surface area contributed by atoms with Gasteiger partial charge in [-0.2, -0.15) is 0 Å². The number of piperidine rings is 1. The highest BCUT2D eigenvalue weighted by Gasteiger charge is 2.39. The SMILES string of the molecule is CC1NCCCC1NC(=O)C1CCN(c2ccccc2Br)C1=O. The van der Waals surface area contributed by atoms with E-state index < -0.39 is 5.92 Å². The lowest BCUT2D eigenvalue weighted by molar-refractivity contribution is -0.132. The van der Waals surface area contributed by atoms with Crippen LogP contribution in [-0.4, -0.2) is 37.0 Å². The third-order valence-electron chi connectivity index (χ3n) is 4.75. The van der Waals surface area contributed by atoms with Crippen LogP contribution < -0.4 is 15.5 Å². The second-order valence-electron chi connectivity index (χ2n) is 6.28. The highest BCUT2D eigenvalue weighted by atomic mass is 79.9. The second kappa shape index (κ2) is 7.01. The van der Waals surface area contributed by atoms with E-state index in [2.05, 4.69) is 33.5 Å². The molecular formula is C17H22BrN3O2. The van der Waals surface area contributed by atoms with Crippen LogP contribution in [0, 0.1) is 5.92 Å². The Balaban J connectivity index is 1.67. The topological polar surface area (TPSA) is 61.4 Å². The summed E-state index contributed by atoms with van der Waals surface area (Å²) >= 11 is 3.48. The molecule has 0 spiro atoms. The third kappa shape index (κ3) is 3.43. The average Bonchev–Trinajstić information content (AvgIpc) is 2.92. The van der Waals surface area contributed by atoms with E-state index in [0.717, 1.165) is 29.5 Å². The highest BCUT2D eigenvalue weighted by molar-refractivity contribution is 9.10. The Labute approximate surface area is 144 Å². The number of anilines is 1. The normalized spacial score (nSPS) is 28.0. The fourth-order valence-electron chi connectivity index (χ4n) is 3.36. The minimum absolute atomic E-state index is 0.106. The summed E-state index contributed by atoms with van der Waals surface area (Å²) in [6, 6.07) is 7.98. The van der Waals surface area contributed by atoms with Crippen LogP contribution in [-0.2, 0) is 9.59 Å². The van der Waals surface area contributed by atoms with Crippen LogP contribution in [0.3, 0.4) is 0 Å². The maximum Gasteiger partial charge on any atom is 0.239 e. The summed E-state index contributed by atoms with van der Waals surface area (Å²) in [4.78, 5) is 26.9. The number of nitrogens with one attached hydrogen (secondary N) is 2. The van der Waals surface area contributed by atoms with E-state index in [9.17, 15) is 9.59 Å². The first-order chi connectivity index (χ1) is 11.1. The summed E-state index contributed by atoms with van der Waals surface area (Å²) in [5.41, 5.74) is 0.834. The Morgan fingerprint density at radius 3 is 2.87 bits per heavy atom. The van der Waals surface area contributed by atoms with E-state index in [0.29, 0.717) is 13.0 Å². The number of benzene rings is 1. The zero-order valence-corrected chi connectivity index (χ0v) is 14.8. The number of rotatable bonds is 3. The average molecular weight is 380 g/mol. The molecular weight excluding hydrogens is 358 g/mol. The van der Waals surface area contributed by atoms with Gasteiger partial charge in [0.1, 0.15) is 5.92 Å². The van der Waals surface area contributed by atoms with Crippen molar-refractivity contribution in [3.63, 3.8) is 0 Å². The molecule has 124 valence electrons. The number of hydrogen-bond acceptors (Lipinski definition) is 3. The monoisotopic (exact) mass is 379 g/mol. The Morgan fingerprint density at radius 2 is 2.13 bits per heavy atom. The van der Waals surface area contributed by atoms with Crippen LogP contribution >= 0.6 is 15.9 Å². The van der Waals surface area contributed by atoms with Crippen LogP contribution in [0.1, 0.15) is 26.2 Å². The van der Waals surface area contributed by atoms with Gasteiger partial charge in [-0.15, -0.1) is 0 Å². The van der Waals surface area contributed by atoms with Gasteiger partial charge in [0.15, 0.2) is 0 Å². The number of nitrogens with zero attached hydrogens (tertiary/aromatic N) is 1. The molecule has 3 atom stereocenters. The van der Waals surface area contributed by atoms with Gasteiger partial charge in [0.2, 0.25) is 11.8 Å². The number of carbonyl (C=O) groups excluding carboxylic acids is 2. The molecule has 1 aromatic rings. The zero-order valence-electron chi connectivity index (χ0n) is 13.2. The minimum Gasteiger partial charge on any atom is -0.351 e. The van der Waals surface area contributed by atoms with Crippen LogP contribution in [0.5, 0.6) is 0 Å². The molecule has 2 fully saturated rings. The van der Waals surface area contributed by atoms with Crippen LogP contribution in [0.15, 0.2) is 28.7 Å². The lowest BCUT2D eigenvalue weighted by atomic mass is 9.98. The molecule has 2 aliphatic heterocycles. The van der Waals surface area contributed by atoms with Crippen molar-refractivity contribution in [2.45, 2.75) is 38.3 Å². The molecule has 3 rings (SSSR count). The van der Waals surface area contributed by atoms with Gasteiger partial charge < -0.3 is 15.5 Å². The first-order valence-electron chi connectivity index (χ1n) is 8.17. The van der Waals surface area contributed by atoms with Crippen molar-refractivity contribution in [3.8, 4) is 0 Å². The molecule has 0 saturated carbocycles. The maximum atomic E-state index is 12.7. The predicted molar refractivity (Wildman–Crippen MR) is 93.2 cm³/mol. The van der Waals surface area contributed by atoms with E-state index in [-0.39, 0.29) is 23.9 Å². The lowest BCUT2D eigenvalue weighted by Crippen LogP contribution is -2.53. The number of carbonyl (C=O) groups is 2. The molecule has 1 aromatic carbocycles. The molecule has 23 heavy (non-hydrogen) atoms. The maximum absolute atomic E-state index is 12.7. The summed E-state index contributed by atoms with van der Waals surface area (Å²) in [5.74, 6) is -0.813. The first-order valence-corrected chi connectivity index (χ1v) is 8.97. The fourth-order valence-corrected chi connectivity index (χ4v) is 3.86. The van der Waals surface area contributed by atoms with Crippen molar-refractivity contribution in [1.82, 2.24) is 10.6 Å².